The standard InChI is InChI=1S/C20H20N6/c1-2-5-14(6-3-1)17-11-24-25-18(17)15-7-4-10-26(12-15)20-16-8-9-21-19(16)22-13-23-20/h1-3,5-6,8-9,11,13,15H,4,7,10,12H2,(H,24,25)(H,21,22,23). The van der Waals surface area contributed by atoms with E-state index in [-0.39, 0.29) is 0 Å². The van der Waals surface area contributed by atoms with E-state index in [1.807, 2.05) is 18.5 Å². The van der Waals surface area contributed by atoms with Crippen LogP contribution in [-0.2, 0) is 0 Å². The lowest BCUT2D eigenvalue weighted by Crippen LogP contribution is -2.35. The summed E-state index contributed by atoms with van der Waals surface area (Å²) in [4.78, 5) is 14.4. The Kier molecular flexibility index (Phi) is 3.66. The molecule has 5 rings (SSSR count). The van der Waals surface area contributed by atoms with Gasteiger partial charge in [-0.2, -0.15) is 5.10 Å². The van der Waals surface area contributed by atoms with E-state index in [1.54, 1.807) is 6.33 Å². The maximum Gasteiger partial charge on any atom is 0.142 e. The van der Waals surface area contributed by atoms with Gasteiger partial charge in [0.15, 0.2) is 0 Å². The second kappa shape index (κ2) is 6.29. The second-order valence-electron chi connectivity index (χ2n) is 6.79. The predicted molar refractivity (Wildman–Crippen MR) is 102 cm³/mol. The molecular formula is C20H20N6. The number of anilines is 1. The molecule has 6 heteroatoms. The Morgan fingerprint density at radius 1 is 1.08 bits per heavy atom. The largest absolute Gasteiger partial charge is 0.355 e. The van der Waals surface area contributed by atoms with Crippen LogP contribution in [0.1, 0.15) is 24.5 Å². The first-order valence-electron chi connectivity index (χ1n) is 9.02. The lowest BCUT2D eigenvalue weighted by atomic mass is 9.90. The summed E-state index contributed by atoms with van der Waals surface area (Å²) in [6.45, 7) is 1.95. The number of piperidine rings is 1. The van der Waals surface area contributed by atoms with Crippen LogP contribution < -0.4 is 4.90 Å². The quantitative estimate of drug-likeness (QED) is 0.594. The van der Waals surface area contributed by atoms with E-state index in [9.17, 15) is 0 Å². The third-order valence-corrected chi connectivity index (χ3v) is 5.22. The zero-order valence-electron chi connectivity index (χ0n) is 14.4. The van der Waals surface area contributed by atoms with E-state index in [0.717, 1.165) is 42.8 Å². The summed E-state index contributed by atoms with van der Waals surface area (Å²) in [5.41, 5.74) is 4.53. The van der Waals surface area contributed by atoms with Gasteiger partial charge in [0, 0.05) is 36.5 Å². The summed E-state index contributed by atoms with van der Waals surface area (Å²) in [5.74, 6) is 1.42. The zero-order valence-corrected chi connectivity index (χ0v) is 14.4. The van der Waals surface area contributed by atoms with Gasteiger partial charge in [0.2, 0.25) is 0 Å². The van der Waals surface area contributed by atoms with E-state index in [4.69, 9.17) is 0 Å². The van der Waals surface area contributed by atoms with Gasteiger partial charge in [0.25, 0.3) is 0 Å². The minimum atomic E-state index is 0.408. The zero-order chi connectivity index (χ0) is 17.3. The van der Waals surface area contributed by atoms with Crippen molar-refractivity contribution in [2.45, 2.75) is 18.8 Å². The van der Waals surface area contributed by atoms with Crippen molar-refractivity contribution in [3.05, 3.63) is 60.8 Å². The predicted octanol–water partition coefficient (Wildman–Crippen LogP) is 3.73. The van der Waals surface area contributed by atoms with Gasteiger partial charge in [-0.15, -0.1) is 0 Å². The van der Waals surface area contributed by atoms with E-state index in [1.165, 1.54) is 16.8 Å². The van der Waals surface area contributed by atoms with Crippen LogP contribution >= 0.6 is 0 Å². The number of rotatable bonds is 3. The molecule has 0 bridgehead atoms. The maximum absolute atomic E-state index is 4.57. The van der Waals surface area contributed by atoms with Gasteiger partial charge >= 0.3 is 0 Å². The number of fused-ring (bicyclic) bond motifs is 1. The SMILES string of the molecule is c1ccc(-c2cn[nH]c2C2CCCN(c3ncnc4[nH]ccc34)C2)cc1. The lowest BCUT2D eigenvalue weighted by molar-refractivity contribution is 0.499. The Morgan fingerprint density at radius 2 is 2.00 bits per heavy atom. The fourth-order valence-corrected chi connectivity index (χ4v) is 3.97. The number of benzene rings is 1. The molecule has 4 heterocycles. The normalized spacial score (nSPS) is 17.7. The fourth-order valence-electron chi connectivity index (χ4n) is 3.97. The minimum absolute atomic E-state index is 0.408. The average Bonchev–Trinajstić information content (AvgIpc) is 3.38. The van der Waals surface area contributed by atoms with Gasteiger partial charge < -0.3 is 9.88 Å². The van der Waals surface area contributed by atoms with Crippen molar-refractivity contribution in [2.24, 2.45) is 0 Å². The Labute approximate surface area is 151 Å². The highest BCUT2D eigenvalue weighted by Crippen LogP contribution is 2.35. The van der Waals surface area contributed by atoms with Crippen LogP contribution in [0, 0.1) is 0 Å². The molecule has 1 aliphatic heterocycles. The molecule has 0 radical (unpaired) electrons. The highest BCUT2D eigenvalue weighted by molar-refractivity contribution is 5.87. The summed E-state index contributed by atoms with van der Waals surface area (Å²) in [7, 11) is 0. The van der Waals surface area contributed by atoms with Crippen molar-refractivity contribution in [2.75, 3.05) is 18.0 Å². The summed E-state index contributed by atoms with van der Waals surface area (Å²) in [5, 5.41) is 8.69. The van der Waals surface area contributed by atoms with Crippen molar-refractivity contribution >= 4 is 16.9 Å². The van der Waals surface area contributed by atoms with Crippen LogP contribution in [0.25, 0.3) is 22.2 Å². The van der Waals surface area contributed by atoms with Gasteiger partial charge in [-0.1, -0.05) is 30.3 Å². The number of aromatic amines is 2. The van der Waals surface area contributed by atoms with Gasteiger partial charge in [0.1, 0.15) is 17.8 Å². The van der Waals surface area contributed by atoms with Crippen molar-refractivity contribution in [3.63, 3.8) is 0 Å². The summed E-state index contributed by atoms with van der Waals surface area (Å²) in [6.07, 6.45) is 7.79. The number of nitrogens with zero attached hydrogens (tertiary/aromatic N) is 4. The number of aromatic nitrogens is 5. The van der Waals surface area contributed by atoms with Crippen LogP contribution in [-0.4, -0.2) is 38.2 Å². The third-order valence-electron chi connectivity index (χ3n) is 5.22. The van der Waals surface area contributed by atoms with Crippen LogP contribution in [0.5, 0.6) is 0 Å². The van der Waals surface area contributed by atoms with Crippen molar-refractivity contribution < 1.29 is 0 Å². The topological polar surface area (TPSA) is 73.5 Å². The van der Waals surface area contributed by atoms with Crippen LogP contribution in [0.3, 0.4) is 0 Å². The monoisotopic (exact) mass is 344 g/mol. The molecule has 1 saturated heterocycles. The Morgan fingerprint density at radius 3 is 2.92 bits per heavy atom. The Balaban J connectivity index is 1.47. The lowest BCUT2D eigenvalue weighted by Gasteiger charge is -2.33. The first-order chi connectivity index (χ1) is 12.9. The number of hydrogen-bond acceptors (Lipinski definition) is 4. The van der Waals surface area contributed by atoms with Crippen LogP contribution in [0.2, 0.25) is 0 Å². The molecule has 1 unspecified atom stereocenters. The van der Waals surface area contributed by atoms with Gasteiger partial charge in [-0.05, 0) is 24.5 Å². The Bertz CT molecular complexity index is 1020. The molecule has 1 aliphatic rings. The molecule has 1 atom stereocenters. The fraction of sp³-hybridized carbons (Fsp3) is 0.250. The molecular weight excluding hydrogens is 324 g/mol. The van der Waals surface area contributed by atoms with Gasteiger partial charge in [-0.25, -0.2) is 9.97 Å². The van der Waals surface area contributed by atoms with Crippen molar-refractivity contribution in [3.8, 4) is 11.1 Å². The summed E-state index contributed by atoms with van der Waals surface area (Å²) in [6, 6.07) is 12.5. The highest BCUT2D eigenvalue weighted by Gasteiger charge is 2.26. The molecule has 2 N–H and O–H groups in total. The first-order valence-corrected chi connectivity index (χ1v) is 9.02. The third kappa shape index (κ3) is 2.54. The first kappa shape index (κ1) is 15.1. The van der Waals surface area contributed by atoms with Crippen LogP contribution in [0.15, 0.2) is 55.1 Å². The van der Waals surface area contributed by atoms with E-state index < -0.39 is 0 Å². The minimum Gasteiger partial charge on any atom is -0.355 e. The maximum atomic E-state index is 4.57. The smallest absolute Gasteiger partial charge is 0.142 e. The molecule has 130 valence electrons. The molecule has 0 spiro atoms. The molecule has 1 fully saturated rings. The van der Waals surface area contributed by atoms with E-state index in [2.05, 4.69) is 60.4 Å². The molecule has 26 heavy (non-hydrogen) atoms. The molecule has 0 saturated carbocycles. The molecule has 0 aliphatic carbocycles. The van der Waals surface area contributed by atoms with Crippen molar-refractivity contribution in [1.82, 2.24) is 25.1 Å². The van der Waals surface area contributed by atoms with Crippen molar-refractivity contribution in [1.29, 1.82) is 0 Å². The summed E-state index contributed by atoms with van der Waals surface area (Å²) < 4.78 is 0. The molecule has 6 nitrogen and oxygen atoms in total. The number of hydrogen-bond donors (Lipinski definition) is 2. The van der Waals surface area contributed by atoms with E-state index >= 15 is 0 Å². The van der Waals surface area contributed by atoms with E-state index in [0.29, 0.717) is 5.92 Å². The second-order valence-corrected chi connectivity index (χ2v) is 6.79. The Hall–Kier alpha value is -3.15. The number of H-pyrrole nitrogens is 2. The molecule has 1 aromatic carbocycles. The highest BCUT2D eigenvalue weighted by atomic mass is 15.2. The number of nitrogens with one attached hydrogen (secondary N) is 2. The molecule has 0 amide bonds. The molecule has 3 aromatic heterocycles. The van der Waals surface area contributed by atoms with Gasteiger partial charge in [-0.3, -0.25) is 5.10 Å². The molecule has 4 aromatic rings. The summed E-state index contributed by atoms with van der Waals surface area (Å²) >= 11 is 0. The average molecular weight is 344 g/mol. The van der Waals surface area contributed by atoms with Gasteiger partial charge in [0.05, 0.1) is 11.6 Å². The van der Waals surface area contributed by atoms with Crippen LogP contribution in [0.4, 0.5) is 5.82 Å².